The van der Waals surface area contributed by atoms with E-state index >= 15 is 0 Å². The van der Waals surface area contributed by atoms with E-state index in [1.807, 2.05) is 6.07 Å². The molecule has 0 unspecified atom stereocenters. The maximum Gasteiger partial charge on any atom is 0.261 e. The number of hydrogen-bond acceptors (Lipinski definition) is 2. The van der Waals surface area contributed by atoms with Crippen LogP contribution < -0.4 is 11.3 Å². The second kappa shape index (κ2) is 5.59. The third-order valence-corrected chi connectivity index (χ3v) is 3.16. The fraction of sp³-hybridized carbons (Fsp3) is 0.600. The Bertz CT molecular complexity index is 521. The molecule has 3 N–H and O–H groups in total. The molecule has 0 amide bonds. The molecule has 0 aliphatic heterocycles. The minimum atomic E-state index is -0.163. The lowest BCUT2D eigenvalue weighted by molar-refractivity contribution is 0.454. The van der Waals surface area contributed by atoms with Gasteiger partial charge in [-0.3, -0.25) is 10.2 Å². The Morgan fingerprint density at radius 3 is 2.37 bits per heavy atom. The molecule has 0 bridgehead atoms. The molecule has 0 saturated carbocycles. The van der Waals surface area contributed by atoms with E-state index in [-0.39, 0.29) is 22.4 Å². The zero-order valence-corrected chi connectivity index (χ0v) is 12.6. The number of rotatable bonds is 4. The van der Waals surface area contributed by atoms with Crippen LogP contribution in [0.4, 0.5) is 0 Å². The summed E-state index contributed by atoms with van der Waals surface area (Å²) in [5.74, 6) is 0.365. The smallest absolute Gasteiger partial charge is 0.261 e. The van der Waals surface area contributed by atoms with Crippen molar-refractivity contribution in [2.75, 3.05) is 0 Å². The van der Waals surface area contributed by atoms with Crippen molar-refractivity contribution in [1.82, 2.24) is 4.57 Å². The van der Waals surface area contributed by atoms with Crippen LogP contribution in [0.15, 0.2) is 16.9 Å². The van der Waals surface area contributed by atoms with Crippen molar-refractivity contribution in [2.45, 2.75) is 53.0 Å². The Hall–Kier alpha value is -1.58. The van der Waals surface area contributed by atoms with Crippen LogP contribution in [0.25, 0.3) is 0 Å². The van der Waals surface area contributed by atoms with Gasteiger partial charge >= 0.3 is 0 Å². The zero-order valence-electron chi connectivity index (χ0n) is 12.6. The molecule has 4 heteroatoms. The first kappa shape index (κ1) is 15.5. The number of amidine groups is 1. The molecule has 0 saturated heterocycles. The highest BCUT2D eigenvalue weighted by molar-refractivity contribution is 5.94. The molecule has 0 spiro atoms. The molecule has 1 rings (SSSR count). The molecule has 0 aliphatic carbocycles. The molecule has 106 valence electrons. The Balaban J connectivity index is 3.38. The average molecular weight is 263 g/mol. The Labute approximate surface area is 115 Å². The number of nitrogens with zero attached hydrogens (tertiary/aromatic N) is 1. The quantitative estimate of drug-likeness (QED) is 0.647. The van der Waals surface area contributed by atoms with E-state index in [0.29, 0.717) is 12.5 Å². The number of aromatic nitrogens is 1. The first-order chi connectivity index (χ1) is 8.64. The summed E-state index contributed by atoms with van der Waals surface area (Å²) in [7, 11) is 0. The summed E-state index contributed by atoms with van der Waals surface area (Å²) in [6.45, 7) is 11.2. The van der Waals surface area contributed by atoms with Gasteiger partial charge in [0.15, 0.2) is 0 Å². The van der Waals surface area contributed by atoms with E-state index in [1.165, 1.54) is 0 Å². The van der Waals surface area contributed by atoms with E-state index < -0.39 is 0 Å². The van der Waals surface area contributed by atoms with Gasteiger partial charge in [0.2, 0.25) is 0 Å². The third-order valence-electron chi connectivity index (χ3n) is 3.16. The van der Waals surface area contributed by atoms with Gasteiger partial charge in [-0.15, -0.1) is 0 Å². The zero-order chi connectivity index (χ0) is 14.8. The van der Waals surface area contributed by atoms with Gasteiger partial charge in [0, 0.05) is 17.7 Å². The highest BCUT2D eigenvalue weighted by atomic mass is 16.1. The molecule has 1 aromatic heterocycles. The first-order valence-electron chi connectivity index (χ1n) is 6.73. The fourth-order valence-corrected chi connectivity index (χ4v) is 2.05. The van der Waals surface area contributed by atoms with Gasteiger partial charge in [-0.25, -0.2) is 0 Å². The molecule has 0 fully saturated rings. The molecule has 1 heterocycles. The summed E-state index contributed by atoms with van der Waals surface area (Å²) < 4.78 is 1.77. The van der Waals surface area contributed by atoms with Crippen molar-refractivity contribution in [3.63, 3.8) is 0 Å². The van der Waals surface area contributed by atoms with Crippen LogP contribution in [0.2, 0.25) is 0 Å². The van der Waals surface area contributed by atoms with Crippen molar-refractivity contribution in [2.24, 2.45) is 11.7 Å². The lowest BCUT2D eigenvalue weighted by Crippen LogP contribution is -2.35. The number of pyridine rings is 1. The number of hydrogen-bond donors (Lipinski definition) is 2. The number of nitrogens with one attached hydrogen (secondary N) is 1. The third kappa shape index (κ3) is 3.69. The van der Waals surface area contributed by atoms with Crippen molar-refractivity contribution in [3.05, 3.63) is 33.7 Å². The number of nitrogens with two attached hydrogens (primary N) is 1. The first-order valence-corrected chi connectivity index (χ1v) is 6.73. The molecule has 0 aliphatic rings. The SMILES string of the molecule is CC(C)CCn1c(C(C)(C)C)ccc(C(=N)N)c1=O. The molecule has 0 atom stereocenters. The summed E-state index contributed by atoms with van der Waals surface area (Å²) in [6.07, 6.45) is 0.935. The normalized spacial score (nSPS) is 11.9. The minimum absolute atomic E-state index is 0.106. The lowest BCUT2D eigenvalue weighted by Gasteiger charge is -2.25. The van der Waals surface area contributed by atoms with E-state index in [9.17, 15) is 4.79 Å². The van der Waals surface area contributed by atoms with E-state index in [1.54, 1.807) is 10.6 Å². The standard InChI is InChI=1S/C15H25N3O/c1-10(2)8-9-18-12(15(3,4)5)7-6-11(13(16)17)14(18)19/h6-7,10H,8-9H2,1-5H3,(H3,16,17). The lowest BCUT2D eigenvalue weighted by atomic mass is 9.90. The highest BCUT2D eigenvalue weighted by Crippen LogP contribution is 2.21. The monoisotopic (exact) mass is 263 g/mol. The van der Waals surface area contributed by atoms with Crippen LogP contribution in [0.1, 0.15) is 52.3 Å². The minimum Gasteiger partial charge on any atom is -0.384 e. The van der Waals surface area contributed by atoms with Gasteiger partial charge in [0.05, 0.1) is 5.56 Å². The van der Waals surface area contributed by atoms with Crippen LogP contribution in [-0.2, 0) is 12.0 Å². The second-order valence-electron chi connectivity index (χ2n) is 6.44. The molecular weight excluding hydrogens is 238 g/mol. The average Bonchev–Trinajstić information content (AvgIpc) is 2.24. The largest absolute Gasteiger partial charge is 0.384 e. The summed E-state index contributed by atoms with van der Waals surface area (Å²) in [5, 5.41) is 7.48. The predicted molar refractivity (Wildman–Crippen MR) is 79.9 cm³/mol. The molecule has 4 nitrogen and oxygen atoms in total. The van der Waals surface area contributed by atoms with Gasteiger partial charge in [0.1, 0.15) is 5.84 Å². The summed E-state index contributed by atoms with van der Waals surface area (Å²) in [6, 6.07) is 3.58. The van der Waals surface area contributed by atoms with E-state index in [2.05, 4.69) is 34.6 Å². The van der Waals surface area contributed by atoms with E-state index in [4.69, 9.17) is 11.1 Å². The Kier molecular flexibility index (Phi) is 4.56. The van der Waals surface area contributed by atoms with Crippen LogP contribution >= 0.6 is 0 Å². The molecule has 0 radical (unpaired) electrons. The van der Waals surface area contributed by atoms with Gasteiger partial charge in [-0.2, -0.15) is 0 Å². The van der Waals surface area contributed by atoms with Gasteiger partial charge in [-0.1, -0.05) is 34.6 Å². The van der Waals surface area contributed by atoms with Crippen molar-refractivity contribution < 1.29 is 0 Å². The van der Waals surface area contributed by atoms with E-state index in [0.717, 1.165) is 12.1 Å². The van der Waals surface area contributed by atoms with Crippen molar-refractivity contribution >= 4 is 5.84 Å². The van der Waals surface area contributed by atoms with Crippen LogP contribution in [0.5, 0.6) is 0 Å². The van der Waals surface area contributed by atoms with Crippen LogP contribution in [-0.4, -0.2) is 10.4 Å². The van der Waals surface area contributed by atoms with Crippen molar-refractivity contribution in [3.8, 4) is 0 Å². The summed E-state index contributed by atoms with van der Waals surface area (Å²) in [5.41, 5.74) is 6.49. The van der Waals surface area contributed by atoms with Gasteiger partial charge in [-0.05, 0) is 24.5 Å². The maximum absolute atomic E-state index is 12.4. The van der Waals surface area contributed by atoms with Gasteiger partial charge in [0.25, 0.3) is 5.56 Å². The topological polar surface area (TPSA) is 71.9 Å². The predicted octanol–water partition coefficient (Wildman–Crippen LogP) is 2.48. The van der Waals surface area contributed by atoms with Crippen LogP contribution in [0, 0.1) is 11.3 Å². The Morgan fingerprint density at radius 2 is 1.95 bits per heavy atom. The second-order valence-corrected chi connectivity index (χ2v) is 6.44. The summed E-state index contributed by atoms with van der Waals surface area (Å²) in [4.78, 5) is 12.4. The number of nitrogen functional groups attached to an aromatic ring is 1. The van der Waals surface area contributed by atoms with Crippen LogP contribution in [0.3, 0.4) is 0 Å². The molecule has 19 heavy (non-hydrogen) atoms. The summed E-state index contributed by atoms with van der Waals surface area (Å²) >= 11 is 0. The fourth-order valence-electron chi connectivity index (χ4n) is 2.05. The molecule has 1 aromatic rings. The highest BCUT2D eigenvalue weighted by Gasteiger charge is 2.20. The maximum atomic E-state index is 12.4. The van der Waals surface area contributed by atoms with Gasteiger partial charge < -0.3 is 10.3 Å². The molecule has 0 aromatic carbocycles. The van der Waals surface area contributed by atoms with Crippen molar-refractivity contribution in [1.29, 1.82) is 5.41 Å². The molecular formula is C15H25N3O. The Morgan fingerprint density at radius 1 is 1.37 bits per heavy atom.